The number of nitrogens with zero attached hydrogens (tertiary/aromatic N) is 1. The molecule has 0 N–H and O–H groups in total. The standard InChI is InChI=1S/C21H22F5NO.2ClH.Ti.H2/c1-20(2,3)11-7-10(19(28)12(8-11)21(4,5)6)9-27-18-16(25)14(23)13(22)15(24)17(18)26;;;;/h7-9,28H,1-6H3;2*1H;;1H/q;;;+3;/p-3. The molecule has 2 aromatic rings. The van der Waals surface area contributed by atoms with Crippen molar-refractivity contribution in [2.75, 3.05) is 0 Å². The summed E-state index contributed by atoms with van der Waals surface area (Å²) in [6.45, 7) is 11.3. The van der Waals surface area contributed by atoms with Crippen molar-refractivity contribution in [3.63, 3.8) is 0 Å². The average molecular weight is 519 g/mol. The molecule has 0 aromatic heterocycles. The van der Waals surface area contributed by atoms with Gasteiger partial charge in [-0.1, -0.05) is 59.4 Å². The predicted molar refractivity (Wildman–Crippen MR) is 98.9 cm³/mol. The van der Waals surface area contributed by atoms with Gasteiger partial charge in [0.1, 0.15) is 5.69 Å². The summed E-state index contributed by atoms with van der Waals surface area (Å²) in [7, 11) is 0. The fraction of sp³-hybridized carbons (Fsp3) is 0.381. The van der Waals surface area contributed by atoms with Crippen LogP contribution in [0.25, 0.3) is 0 Å². The summed E-state index contributed by atoms with van der Waals surface area (Å²) in [5.74, 6) is -11.0. The first-order valence-corrected chi connectivity index (χ1v) is 8.57. The van der Waals surface area contributed by atoms with Crippen LogP contribution in [0.3, 0.4) is 0 Å². The molecule has 0 aliphatic rings. The van der Waals surface area contributed by atoms with Crippen LogP contribution in [0.5, 0.6) is 5.75 Å². The van der Waals surface area contributed by atoms with Gasteiger partial charge in [0.25, 0.3) is 0 Å². The van der Waals surface area contributed by atoms with Crippen LogP contribution < -0.4 is 29.9 Å². The predicted octanol–water partition coefficient (Wildman–Crippen LogP) is 0.0528. The van der Waals surface area contributed by atoms with Crippen molar-refractivity contribution in [3.8, 4) is 5.75 Å². The van der Waals surface area contributed by atoms with Gasteiger partial charge < -0.3 is 29.9 Å². The number of hydrogen-bond donors (Lipinski definition) is 0. The van der Waals surface area contributed by atoms with Crippen LogP contribution in [0.4, 0.5) is 27.6 Å². The molecular weight excluding hydrogens is 496 g/mol. The molecule has 0 saturated carbocycles. The van der Waals surface area contributed by atoms with E-state index in [9.17, 15) is 27.1 Å². The molecule has 0 unspecified atom stereocenters. The number of benzene rings is 2. The molecule has 2 rings (SSSR count). The minimum atomic E-state index is -2.26. The molecule has 0 fully saturated rings. The van der Waals surface area contributed by atoms with Gasteiger partial charge in [-0.2, -0.15) is 0 Å². The van der Waals surface area contributed by atoms with Gasteiger partial charge in [0.15, 0.2) is 23.3 Å². The first-order valence-electron chi connectivity index (χ1n) is 8.57. The third-order valence-corrected chi connectivity index (χ3v) is 4.31. The number of aliphatic imine (C=N–C) groups is 1. The molecule has 0 heterocycles. The van der Waals surface area contributed by atoms with Crippen LogP contribution in [0, 0.1) is 29.1 Å². The molecule has 171 valence electrons. The van der Waals surface area contributed by atoms with Crippen LogP contribution in [0.2, 0.25) is 0 Å². The summed E-state index contributed by atoms with van der Waals surface area (Å²) < 4.78 is 67.5. The molecular formula is C21H23Cl2F5NOTi. The van der Waals surface area contributed by atoms with Crippen LogP contribution >= 0.6 is 0 Å². The van der Waals surface area contributed by atoms with E-state index in [1.165, 1.54) is 6.07 Å². The van der Waals surface area contributed by atoms with E-state index >= 15 is 0 Å². The second-order valence-corrected chi connectivity index (χ2v) is 8.62. The van der Waals surface area contributed by atoms with Crippen LogP contribution in [0.1, 0.15) is 59.7 Å². The minimum absolute atomic E-state index is 0. The number of rotatable bonds is 2. The van der Waals surface area contributed by atoms with E-state index in [0.29, 0.717) is 5.56 Å². The zero-order valence-electron chi connectivity index (χ0n) is 17.7. The van der Waals surface area contributed by atoms with Gasteiger partial charge >= 0.3 is 21.7 Å². The Morgan fingerprint density at radius 1 is 0.774 bits per heavy atom. The van der Waals surface area contributed by atoms with Crippen molar-refractivity contribution in [1.29, 1.82) is 0 Å². The van der Waals surface area contributed by atoms with Gasteiger partial charge in [-0.15, -0.1) is 0 Å². The average Bonchev–Trinajstić information content (AvgIpc) is 2.57. The summed E-state index contributed by atoms with van der Waals surface area (Å²) in [5.41, 5.74) is -0.975. The molecule has 31 heavy (non-hydrogen) atoms. The summed E-state index contributed by atoms with van der Waals surface area (Å²) in [6, 6.07) is 3.27. The van der Waals surface area contributed by atoms with Crippen molar-refractivity contribution < 1.29 is 75.0 Å². The first kappa shape index (κ1) is 32.0. The van der Waals surface area contributed by atoms with Crippen LogP contribution in [0.15, 0.2) is 17.1 Å². The molecule has 0 aliphatic heterocycles. The van der Waals surface area contributed by atoms with E-state index in [1.807, 2.05) is 41.5 Å². The summed E-state index contributed by atoms with van der Waals surface area (Å²) in [4.78, 5) is 3.42. The maximum absolute atomic E-state index is 13.8. The summed E-state index contributed by atoms with van der Waals surface area (Å²) in [5, 5.41) is 12.8. The molecule has 2 aromatic carbocycles. The van der Waals surface area contributed by atoms with Crippen molar-refractivity contribution in [3.05, 3.63) is 57.9 Å². The van der Waals surface area contributed by atoms with Gasteiger partial charge in [0, 0.05) is 7.64 Å². The van der Waals surface area contributed by atoms with Gasteiger partial charge in [0.05, 0.1) is 0 Å². The molecule has 0 aliphatic carbocycles. The third kappa shape index (κ3) is 6.67. The minimum Gasteiger partial charge on any atom is -1.00 e. The maximum Gasteiger partial charge on any atom is 3.00 e. The van der Waals surface area contributed by atoms with E-state index in [2.05, 4.69) is 4.99 Å². The van der Waals surface area contributed by atoms with Gasteiger partial charge in [-0.25, -0.2) is 26.9 Å². The van der Waals surface area contributed by atoms with Crippen molar-refractivity contribution in [1.82, 2.24) is 0 Å². The Bertz CT molecular complexity index is 947. The molecule has 0 amide bonds. The molecule has 10 heteroatoms. The second kappa shape index (κ2) is 11.1. The monoisotopic (exact) mass is 518 g/mol. The Kier molecular flexibility index (Phi) is 11.5. The van der Waals surface area contributed by atoms with Crippen molar-refractivity contribution in [2.45, 2.75) is 52.4 Å². The van der Waals surface area contributed by atoms with E-state index in [1.54, 1.807) is 6.07 Å². The van der Waals surface area contributed by atoms with E-state index in [-0.39, 0.29) is 58.9 Å². The van der Waals surface area contributed by atoms with Gasteiger partial charge in [-0.05, 0) is 27.5 Å². The molecule has 1 radical (unpaired) electrons. The topological polar surface area (TPSA) is 35.4 Å². The zero-order chi connectivity index (χ0) is 21.6. The van der Waals surface area contributed by atoms with E-state index in [4.69, 9.17) is 0 Å². The Morgan fingerprint density at radius 3 is 1.58 bits per heavy atom. The van der Waals surface area contributed by atoms with E-state index < -0.39 is 45.9 Å². The second-order valence-electron chi connectivity index (χ2n) is 8.62. The van der Waals surface area contributed by atoms with Crippen molar-refractivity contribution >= 4 is 11.9 Å². The first-order chi connectivity index (χ1) is 12.7. The molecule has 0 saturated heterocycles. The van der Waals surface area contributed by atoms with Crippen LogP contribution in [-0.4, -0.2) is 6.21 Å². The Balaban J connectivity index is -0.00000210. The third-order valence-electron chi connectivity index (χ3n) is 4.31. The number of hydrogen-bond acceptors (Lipinski definition) is 2. The van der Waals surface area contributed by atoms with Crippen molar-refractivity contribution in [2.24, 2.45) is 4.99 Å². The molecule has 0 spiro atoms. The molecule has 0 atom stereocenters. The Morgan fingerprint density at radius 2 is 1.19 bits per heavy atom. The SMILES string of the molecule is CC(C)(C)c1cc(C=Nc2c(F)c(F)c(F)c(F)c2F)c([O-])c(C(C)(C)C)c1.[Cl-].[Cl-].[HH].[Ti+3]. The summed E-state index contributed by atoms with van der Waals surface area (Å²) >= 11 is 0. The quantitative estimate of drug-likeness (QED) is 0.182. The Labute approximate surface area is 207 Å². The van der Waals surface area contributed by atoms with Crippen LogP contribution in [-0.2, 0) is 32.5 Å². The van der Waals surface area contributed by atoms with Gasteiger partial charge in [0.2, 0.25) is 5.82 Å². The fourth-order valence-electron chi connectivity index (χ4n) is 2.58. The fourth-order valence-corrected chi connectivity index (χ4v) is 2.58. The largest absolute Gasteiger partial charge is 3.00 e. The Hall–Kier alpha value is -1.15. The molecule has 2 nitrogen and oxygen atoms in total. The zero-order valence-corrected chi connectivity index (χ0v) is 20.8. The normalized spacial score (nSPS) is 11.6. The smallest absolute Gasteiger partial charge is 1.00 e. The van der Waals surface area contributed by atoms with Gasteiger partial charge in [-0.3, -0.25) is 0 Å². The molecule has 0 bridgehead atoms. The summed E-state index contributed by atoms with van der Waals surface area (Å²) in [6.07, 6.45) is 0.838. The van der Waals surface area contributed by atoms with E-state index in [0.717, 1.165) is 11.8 Å². The number of halogens is 7. The maximum atomic E-state index is 13.8.